The fourth-order valence-electron chi connectivity index (χ4n) is 4.98. The summed E-state index contributed by atoms with van der Waals surface area (Å²) in [6.07, 6.45) is 4.06. The lowest BCUT2D eigenvalue weighted by atomic mass is 10.0. The van der Waals surface area contributed by atoms with Crippen LogP contribution in [0.5, 0.6) is 0 Å². The van der Waals surface area contributed by atoms with Gasteiger partial charge in [-0.05, 0) is 73.6 Å². The summed E-state index contributed by atoms with van der Waals surface area (Å²) < 4.78 is 2.33. The van der Waals surface area contributed by atoms with E-state index in [1.165, 1.54) is 33.4 Å². The molecule has 0 fully saturated rings. The summed E-state index contributed by atoms with van der Waals surface area (Å²) in [7, 11) is 0. The Morgan fingerprint density at radius 3 is 2.53 bits per heavy atom. The van der Waals surface area contributed by atoms with Gasteiger partial charge in [-0.1, -0.05) is 54.1 Å². The average molecular weight is 423 g/mol. The topological polar surface area (TPSA) is 25.2 Å². The van der Waals surface area contributed by atoms with Gasteiger partial charge in [0.05, 0.1) is 0 Å². The monoisotopic (exact) mass is 422 g/mol. The molecule has 0 unspecified atom stereocenters. The third-order valence-corrected chi connectivity index (χ3v) is 6.91. The second kappa shape index (κ2) is 8.31. The van der Waals surface area contributed by atoms with E-state index in [9.17, 15) is 4.79 Å². The quantitative estimate of drug-likeness (QED) is 0.396. The summed E-state index contributed by atoms with van der Waals surface area (Å²) in [6.45, 7) is 8.81. The number of aromatic nitrogens is 1. The Morgan fingerprint density at radius 2 is 1.69 bits per heavy atom. The summed E-state index contributed by atoms with van der Waals surface area (Å²) in [4.78, 5) is 15.6. The highest BCUT2D eigenvalue weighted by Gasteiger charge is 2.25. The standard InChI is InChI=1S/C29H30N2O/c1-20-11-12-22(3)25(17-20)19-31-18-24-14-16-30(15-13-23-8-5-4-7-21(23)2)29(32)26-9-6-10-27(31)28(24)26/h4-12,17-18H,13-16,19H2,1-3H3. The van der Waals surface area contributed by atoms with Crippen molar-refractivity contribution in [1.82, 2.24) is 9.47 Å². The van der Waals surface area contributed by atoms with Crippen LogP contribution in [0.25, 0.3) is 10.9 Å². The van der Waals surface area contributed by atoms with Gasteiger partial charge in [0.1, 0.15) is 0 Å². The van der Waals surface area contributed by atoms with Crippen LogP contribution in [-0.4, -0.2) is 28.5 Å². The number of hydrogen-bond acceptors (Lipinski definition) is 1. The molecule has 0 atom stereocenters. The molecule has 32 heavy (non-hydrogen) atoms. The van der Waals surface area contributed by atoms with Crippen LogP contribution in [0, 0.1) is 20.8 Å². The zero-order chi connectivity index (χ0) is 22.2. The molecule has 1 amide bonds. The lowest BCUT2D eigenvalue weighted by Crippen LogP contribution is -2.33. The van der Waals surface area contributed by atoms with Crippen molar-refractivity contribution in [2.45, 2.75) is 40.2 Å². The molecule has 0 N–H and O–H groups in total. The van der Waals surface area contributed by atoms with Crippen LogP contribution in [-0.2, 0) is 19.4 Å². The van der Waals surface area contributed by atoms with E-state index in [2.05, 4.69) is 80.1 Å². The van der Waals surface area contributed by atoms with E-state index in [0.29, 0.717) is 0 Å². The van der Waals surface area contributed by atoms with Gasteiger partial charge in [-0.25, -0.2) is 0 Å². The highest BCUT2D eigenvalue weighted by atomic mass is 16.2. The molecule has 4 aromatic rings. The van der Waals surface area contributed by atoms with E-state index in [1.54, 1.807) is 0 Å². The molecule has 0 spiro atoms. The normalized spacial score (nSPS) is 13.6. The Balaban J connectivity index is 1.45. The highest BCUT2D eigenvalue weighted by molar-refractivity contribution is 6.08. The Bertz CT molecular complexity index is 1310. The van der Waals surface area contributed by atoms with Crippen molar-refractivity contribution in [1.29, 1.82) is 0 Å². The zero-order valence-electron chi connectivity index (χ0n) is 19.2. The van der Waals surface area contributed by atoms with E-state index >= 15 is 0 Å². The van der Waals surface area contributed by atoms with Crippen molar-refractivity contribution in [3.05, 3.63) is 106 Å². The first-order chi connectivity index (χ1) is 15.5. The Morgan fingerprint density at radius 1 is 0.875 bits per heavy atom. The van der Waals surface area contributed by atoms with Crippen molar-refractivity contribution in [3.8, 4) is 0 Å². The predicted octanol–water partition coefficient (Wildman–Crippen LogP) is 5.86. The SMILES string of the molecule is Cc1ccc(C)c(Cn2cc3c4c(cccc42)C(=O)N(CCc2ccccc2C)CC3)c1. The summed E-state index contributed by atoms with van der Waals surface area (Å²) in [6, 6.07) is 21.3. The molecule has 3 nitrogen and oxygen atoms in total. The third kappa shape index (κ3) is 3.73. The van der Waals surface area contributed by atoms with Crippen LogP contribution in [0.1, 0.15) is 43.7 Å². The Hall–Kier alpha value is -3.33. The molecule has 0 radical (unpaired) electrons. The largest absolute Gasteiger partial charge is 0.343 e. The summed E-state index contributed by atoms with van der Waals surface area (Å²) in [5, 5.41) is 1.14. The van der Waals surface area contributed by atoms with Crippen LogP contribution in [0.3, 0.4) is 0 Å². The van der Waals surface area contributed by atoms with Crippen molar-refractivity contribution in [2.75, 3.05) is 13.1 Å². The summed E-state index contributed by atoms with van der Waals surface area (Å²) in [5.41, 5.74) is 9.83. The second-order valence-corrected chi connectivity index (χ2v) is 9.13. The smallest absolute Gasteiger partial charge is 0.254 e. The third-order valence-electron chi connectivity index (χ3n) is 6.91. The molecule has 5 rings (SSSR count). The molecule has 2 heterocycles. The minimum absolute atomic E-state index is 0.160. The number of rotatable bonds is 5. The van der Waals surface area contributed by atoms with E-state index < -0.39 is 0 Å². The van der Waals surface area contributed by atoms with Gasteiger partial charge in [0.15, 0.2) is 0 Å². The van der Waals surface area contributed by atoms with E-state index in [-0.39, 0.29) is 5.91 Å². The number of carbonyl (C=O) groups is 1. The van der Waals surface area contributed by atoms with Crippen LogP contribution in [0.15, 0.2) is 66.9 Å². The molecule has 1 aliphatic heterocycles. The summed E-state index contributed by atoms with van der Waals surface area (Å²) >= 11 is 0. The van der Waals surface area contributed by atoms with E-state index in [1.807, 2.05) is 17.0 Å². The van der Waals surface area contributed by atoms with Crippen LogP contribution in [0.4, 0.5) is 0 Å². The maximum atomic E-state index is 13.5. The number of benzene rings is 3. The molecule has 3 aromatic carbocycles. The zero-order valence-corrected chi connectivity index (χ0v) is 19.2. The first kappa shape index (κ1) is 20.6. The van der Waals surface area contributed by atoms with Crippen molar-refractivity contribution in [3.63, 3.8) is 0 Å². The lowest BCUT2D eigenvalue weighted by molar-refractivity contribution is 0.0764. The molecule has 0 saturated heterocycles. The van der Waals surface area contributed by atoms with Gasteiger partial charge >= 0.3 is 0 Å². The molecule has 0 aliphatic carbocycles. The average Bonchev–Trinajstić information content (AvgIpc) is 3.07. The fraction of sp³-hybridized carbons (Fsp3) is 0.276. The van der Waals surface area contributed by atoms with Crippen LogP contribution in [0.2, 0.25) is 0 Å². The molecule has 0 saturated carbocycles. The molecular weight excluding hydrogens is 392 g/mol. The molecule has 0 bridgehead atoms. The van der Waals surface area contributed by atoms with Gasteiger partial charge < -0.3 is 9.47 Å². The highest BCUT2D eigenvalue weighted by Crippen LogP contribution is 2.30. The summed E-state index contributed by atoms with van der Waals surface area (Å²) in [5.74, 6) is 0.160. The second-order valence-electron chi connectivity index (χ2n) is 9.13. The minimum Gasteiger partial charge on any atom is -0.343 e. The minimum atomic E-state index is 0.160. The number of aryl methyl sites for hydroxylation is 3. The molecule has 1 aliphatic rings. The first-order valence-electron chi connectivity index (χ1n) is 11.5. The van der Waals surface area contributed by atoms with Crippen molar-refractivity contribution >= 4 is 16.8 Å². The number of carbonyl (C=O) groups excluding carboxylic acids is 1. The number of nitrogens with zero attached hydrogens (tertiary/aromatic N) is 2. The number of amides is 1. The maximum absolute atomic E-state index is 13.5. The van der Waals surface area contributed by atoms with Gasteiger partial charge in [0, 0.05) is 42.3 Å². The number of hydrogen-bond donors (Lipinski definition) is 0. The molecule has 162 valence electrons. The fourth-order valence-corrected chi connectivity index (χ4v) is 4.98. The van der Waals surface area contributed by atoms with E-state index in [4.69, 9.17) is 0 Å². The molecule has 1 aromatic heterocycles. The van der Waals surface area contributed by atoms with Crippen molar-refractivity contribution in [2.24, 2.45) is 0 Å². The van der Waals surface area contributed by atoms with Gasteiger partial charge in [-0.2, -0.15) is 0 Å². The van der Waals surface area contributed by atoms with Crippen LogP contribution < -0.4 is 0 Å². The van der Waals surface area contributed by atoms with Gasteiger partial charge in [0.2, 0.25) is 0 Å². The molecule has 3 heteroatoms. The van der Waals surface area contributed by atoms with E-state index in [0.717, 1.165) is 48.9 Å². The predicted molar refractivity (Wildman–Crippen MR) is 131 cm³/mol. The van der Waals surface area contributed by atoms with Gasteiger partial charge in [0.25, 0.3) is 5.91 Å². The lowest BCUT2D eigenvalue weighted by Gasteiger charge is -2.22. The Labute approximate surface area is 190 Å². The van der Waals surface area contributed by atoms with Gasteiger partial charge in [-0.15, -0.1) is 0 Å². The molecular formula is C29H30N2O. The van der Waals surface area contributed by atoms with Crippen molar-refractivity contribution < 1.29 is 4.79 Å². The Kier molecular flexibility index (Phi) is 5.34. The van der Waals surface area contributed by atoms with Gasteiger partial charge in [-0.3, -0.25) is 4.79 Å². The first-order valence-corrected chi connectivity index (χ1v) is 11.5. The van der Waals surface area contributed by atoms with Crippen LogP contribution >= 0.6 is 0 Å². The maximum Gasteiger partial charge on any atom is 0.254 e.